The molecule has 1 amide bonds. The van der Waals surface area contributed by atoms with Gasteiger partial charge in [-0.15, -0.1) is 0 Å². The van der Waals surface area contributed by atoms with Crippen molar-refractivity contribution in [3.63, 3.8) is 0 Å². The molecule has 0 spiro atoms. The van der Waals surface area contributed by atoms with Crippen molar-refractivity contribution >= 4 is 33.4 Å². The van der Waals surface area contributed by atoms with E-state index < -0.39 is 11.5 Å². The lowest BCUT2D eigenvalue weighted by molar-refractivity contribution is 0.0950. The Hall–Kier alpha value is -4.07. The van der Waals surface area contributed by atoms with Crippen molar-refractivity contribution in [3.8, 4) is 0 Å². The molecule has 2 N–H and O–H groups in total. The molecule has 0 atom stereocenters. The maximum atomic E-state index is 12.5. The lowest BCUT2D eigenvalue weighted by Crippen LogP contribution is -2.24. The Bertz CT molecular complexity index is 1370. The smallest absolute Gasteiger partial charge is 0.345 e. The van der Waals surface area contributed by atoms with E-state index in [-0.39, 0.29) is 22.5 Å². The van der Waals surface area contributed by atoms with Crippen LogP contribution in [-0.4, -0.2) is 21.8 Å². The zero-order chi connectivity index (χ0) is 19.7. The summed E-state index contributed by atoms with van der Waals surface area (Å²) in [7, 11) is 0. The molecule has 2 aromatic heterocycles. The molecule has 4 rings (SSSR count). The van der Waals surface area contributed by atoms with Gasteiger partial charge in [-0.25, -0.2) is 15.3 Å². The standard InChI is InChI=1S/C20H14N4O4/c1-11(15-10-12-6-2-5-9-16(12)28-20(15)27)21-24-19(26)17-13-7-3-4-8-14(13)18(25)23-22-17/h2-10H,1H3,(H,23,25)(H,24,26)/b21-11-. The quantitative estimate of drug-likeness (QED) is 0.324. The Morgan fingerprint density at radius 1 is 1.07 bits per heavy atom. The monoisotopic (exact) mass is 374 g/mol. The number of fused-ring (bicyclic) bond motifs is 2. The van der Waals surface area contributed by atoms with Gasteiger partial charge in [0.2, 0.25) is 0 Å². The molecule has 8 nitrogen and oxygen atoms in total. The first kappa shape index (κ1) is 17.3. The summed E-state index contributed by atoms with van der Waals surface area (Å²) in [5, 5.41) is 11.6. The molecule has 0 bridgehead atoms. The molecule has 0 aliphatic rings. The minimum absolute atomic E-state index is 0.0253. The van der Waals surface area contributed by atoms with Crippen LogP contribution in [0.15, 0.2) is 73.7 Å². The van der Waals surface area contributed by atoms with Gasteiger partial charge in [0.05, 0.1) is 16.7 Å². The summed E-state index contributed by atoms with van der Waals surface area (Å²) in [5.41, 5.74) is 2.43. The molecule has 8 heteroatoms. The zero-order valence-electron chi connectivity index (χ0n) is 14.7. The molecule has 2 aromatic carbocycles. The van der Waals surface area contributed by atoms with Crippen LogP contribution in [0.3, 0.4) is 0 Å². The van der Waals surface area contributed by atoms with Crippen LogP contribution in [0.5, 0.6) is 0 Å². The number of aromatic nitrogens is 2. The number of para-hydroxylation sites is 1. The second-order valence-electron chi connectivity index (χ2n) is 6.07. The van der Waals surface area contributed by atoms with Gasteiger partial charge in [-0.1, -0.05) is 36.4 Å². The Labute approximate surface area is 157 Å². The van der Waals surface area contributed by atoms with E-state index in [9.17, 15) is 14.4 Å². The van der Waals surface area contributed by atoms with E-state index >= 15 is 0 Å². The van der Waals surface area contributed by atoms with Crippen LogP contribution in [0.4, 0.5) is 0 Å². The third kappa shape index (κ3) is 3.07. The summed E-state index contributed by atoms with van der Waals surface area (Å²) < 4.78 is 5.28. The van der Waals surface area contributed by atoms with Crippen LogP contribution in [0.2, 0.25) is 0 Å². The highest BCUT2D eigenvalue weighted by molar-refractivity contribution is 6.06. The summed E-state index contributed by atoms with van der Waals surface area (Å²) >= 11 is 0. The van der Waals surface area contributed by atoms with Gasteiger partial charge in [-0.3, -0.25) is 9.59 Å². The van der Waals surface area contributed by atoms with Crippen molar-refractivity contribution in [1.82, 2.24) is 15.6 Å². The van der Waals surface area contributed by atoms with E-state index in [1.807, 2.05) is 12.1 Å². The average molecular weight is 374 g/mol. The van der Waals surface area contributed by atoms with E-state index in [1.165, 1.54) is 0 Å². The Kier molecular flexibility index (Phi) is 4.29. The van der Waals surface area contributed by atoms with E-state index in [0.717, 1.165) is 5.39 Å². The number of H-pyrrole nitrogens is 1. The molecule has 138 valence electrons. The van der Waals surface area contributed by atoms with E-state index in [4.69, 9.17) is 4.42 Å². The molecule has 2 heterocycles. The third-order valence-electron chi connectivity index (χ3n) is 4.27. The van der Waals surface area contributed by atoms with Gasteiger partial charge in [0.1, 0.15) is 5.58 Å². The molecular weight excluding hydrogens is 360 g/mol. The molecule has 0 fully saturated rings. The summed E-state index contributed by atoms with van der Waals surface area (Å²) in [4.78, 5) is 36.5. The first-order valence-electron chi connectivity index (χ1n) is 8.40. The predicted octanol–water partition coefficient (Wildman–Crippen LogP) is 2.18. The molecule has 0 saturated heterocycles. The van der Waals surface area contributed by atoms with Gasteiger partial charge in [-0.05, 0) is 25.1 Å². The summed E-state index contributed by atoms with van der Waals surface area (Å²) in [6.07, 6.45) is 0. The van der Waals surface area contributed by atoms with Crippen molar-refractivity contribution in [2.24, 2.45) is 5.10 Å². The lowest BCUT2D eigenvalue weighted by atomic mass is 10.1. The van der Waals surface area contributed by atoms with Gasteiger partial charge in [0.15, 0.2) is 5.69 Å². The second-order valence-corrected chi connectivity index (χ2v) is 6.07. The number of aromatic amines is 1. The van der Waals surface area contributed by atoms with Crippen LogP contribution in [0, 0.1) is 0 Å². The Balaban J connectivity index is 1.67. The van der Waals surface area contributed by atoms with Crippen molar-refractivity contribution < 1.29 is 9.21 Å². The average Bonchev–Trinajstić information content (AvgIpc) is 2.71. The van der Waals surface area contributed by atoms with Crippen molar-refractivity contribution in [1.29, 1.82) is 0 Å². The normalized spacial score (nSPS) is 11.7. The topological polar surface area (TPSA) is 117 Å². The molecule has 4 aromatic rings. The second kappa shape index (κ2) is 6.92. The number of carbonyl (C=O) groups excluding carboxylic acids is 1. The number of hydrogen-bond donors (Lipinski definition) is 2. The maximum absolute atomic E-state index is 12.5. The highest BCUT2D eigenvalue weighted by Crippen LogP contribution is 2.14. The third-order valence-corrected chi connectivity index (χ3v) is 4.27. The molecule has 0 aliphatic heterocycles. The minimum atomic E-state index is -0.614. The van der Waals surface area contributed by atoms with Crippen molar-refractivity contribution in [3.05, 3.63) is 86.6 Å². The SMILES string of the molecule is C/C(=N/NC(=O)c1n[nH]c(=O)c2ccccc12)c1cc2ccccc2oc1=O. The van der Waals surface area contributed by atoms with E-state index in [2.05, 4.69) is 20.7 Å². The summed E-state index contributed by atoms with van der Waals surface area (Å²) in [6.45, 7) is 1.58. The van der Waals surface area contributed by atoms with Gasteiger partial charge >= 0.3 is 5.63 Å². The molecule has 0 unspecified atom stereocenters. The molecule has 0 radical (unpaired) electrons. The minimum Gasteiger partial charge on any atom is -0.422 e. The summed E-state index contributed by atoms with van der Waals surface area (Å²) in [5.74, 6) is -0.614. The number of nitrogens with one attached hydrogen (secondary N) is 2. The first-order valence-corrected chi connectivity index (χ1v) is 8.40. The number of amides is 1. The number of hydrogen-bond acceptors (Lipinski definition) is 6. The zero-order valence-corrected chi connectivity index (χ0v) is 14.7. The van der Waals surface area contributed by atoms with E-state index in [0.29, 0.717) is 16.4 Å². The van der Waals surface area contributed by atoms with Crippen LogP contribution in [0.1, 0.15) is 23.0 Å². The fourth-order valence-corrected chi connectivity index (χ4v) is 2.85. The first-order chi connectivity index (χ1) is 13.5. The number of hydrazone groups is 1. The summed E-state index contributed by atoms with van der Waals surface area (Å²) in [6, 6.07) is 15.4. The van der Waals surface area contributed by atoms with Gasteiger partial charge in [0, 0.05) is 10.8 Å². The van der Waals surface area contributed by atoms with Crippen molar-refractivity contribution in [2.75, 3.05) is 0 Å². The highest BCUT2D eigenvalue weighted by Gasteiger charge is 2.14. The van der Waals surface area contributed by atoms with Crippen LogP contribution < -0.4 is 16.6 Å². The van der Waals surface area contributed by atoms with Crippen molar-refractivity contribution in [2.45, 2.75) is 6.92 Å². The lowest BCUT2D eigenvalue weighted by Gasteiger charge is -2.05. The number of carbonyl (C=O) groups is 1. The number of nitrogens with zero attached hydrogens (tertiary/aromatic N) is 2. The highest BCUT2D eigenvalue weighted by atomic mass is 16.4. The number of rotatable bonds is 3. The van der Waals surface area contributed by atoms with Crippen LogP contribution >= 0.6 is 0 Å². The van der Waals surface area contributed by atoms with Crippen LogP contribution in [0.25, 0.3) is 21.7 Å². The number of benzene rings is 2. The Morgan fingerprint density at radius 3 is 2.61 bits per heavy atom. The molecule has 0 saturated carbocycles. The molecular formula is C20H14N4O4. The Morgan fingerprint density at radius 2 is 1.79 bits per heavy atom. The molecule has 28 heavy (non-hydrogen) atoms. The van der Waals surface area contributed by atoms with Crippen LogP contribution in [-0.2, 0) is 0 Å². The van der Waals surface area contributed by atoms with Gasteiger partial charge < -0.3 is 4.42 Å². The maximum Gasteiger partial charge on any atom is 0.345 e. The fraction of sp³-hybridized carbons (Fsp3) is 0.0500. The van der Waals surface area contributed by atoms with Gasteiger partial charge in [0.25, 0.3) is 11.5 Å². The van der Waals surface area contributed by atoms with E-state index in [1.54, 1.807) is 49.4 Å². The fourth-order valence-electron chi connectivity index (χ4n) is 2.85. The largest absolute Gasteiger partial charge is 0.422 e. The predicted molar refractivity (Wildman–Crippen MR) is 105 cm³/mol. The molecule has 0 aliphatic carbocycles. The van der Waals surface area contributed by atoms with Gasteiger partial charge in [-0.2, -0.15) is 10.2 Å².